The van der Waals surface area contributed by atoms with E-state index in [2.05, 4.69) is 17.4 Å². The summed E-state index contributed by atoms with van der Waals surface area (Å²) in [4.78, 5) is 22.5. The number of hydrogen-bond acceptors (Lipinski definition) is 3. The summed E-state index contributed by atoms with van der Waals surface area (Å²) in [6, 6.07) is 10.9. The van der Waals surface area contributed by atoms with Crippen LogP contribution >= 0.6 is 0 Å². The van der Waals surface area contributed by atoms with Gasteiger partial charge in [0, 0.05) is 30.2 Å². The van der Waals surface area contributed by atoms with E-state index in [0.29, 0.717) is 6.42 Å². The standard InChI is InChI=1S/C18H16N2O3/c21-18-10-15(11-4-6-14(7-5-11)20(22)23)16-8-12-2-1-3-13(12)9-17(16)19-18/h4-9,15H,1-3,10H2,(H,19,21). The van der Waals surface area contributed by atoms with Crippen molar-refractivity contribution in [2.24, 2.45) is 0 Å². The average molecular weight is 308 g/mol. The number of carbonyl (C=O) groups excluding carboxylic acids is 1. The lowest BCUT2D eigenvalue weighted by atomic mass is 9.83. The molecule has 0 saturated heterocycles. The first-order valence-electron chi connectivity index (χ1n) is 7.82. The molecular weight excluding hydrogens is 292 g/mol. The number of nitro benzene ring substituents is 1. The fourth-order valence-corrected chi connectivity index (χ4v) is 3.66. The summed E-state index contributed by atoms with van der Waals surface area (Å²) in [6.07, 6.45) is 3.70. The van der Waals surface area contributed by atoms with Gasteiger partial charge in [-0.2, -0.15) is 0 Å². The smallest absolute Gasteiger partial charge is 0.269 e. The summed E-state index contributed by atoms with van der Waals surface area (Å²) < 4.78 is 0. The van der Waals surface area contributed by atoms with Crippen LogP contribution in [-0.4, -0.2) is 10.8 Å². The highest BCUT2D eigenvalue weighted by atomic mass is 16.6. The molecule has 1 amide bonds. The number of hydrogen-bond donors (Lipinski definition) is 1. The van der Waals surface area contributed by atoms with Crippen molar-refractivity contribution in [3.05, 3.63) is 68.8 Å². The van der Waals surface area contributed by atoms with Gasteiger partial charge in [-0.25, -0.2) is 0 Å². The van der Waals surface area contributed by atoms with Crippen molar-refractivity contribution < 1.29 is 9.72 Å². The fourth-order valence-electron chi connectivity index (χ4n) is 3.66. The van der Waals surface area contributed by atoms with Crippen molar-refractivity contribution >= 4 is 17.3 Å². The molecule has 0 fully saturated rings. The number of anilines is 1. The predicted octanol–water partition coefficient (Wildman–Crippen LogP) is 3.56. The van der Waals surface area contributed by atoms with E-state index >= 15 is 0 Å². The highest BCUT2D eigenvalue weighted by Gasteiger charge is 2.28. The number of carbonyl (C=O) groups is 1. The van der Waals surface area contributed by atoms with Crippen LogP contribution in [0.15, 0.2) is 36.4 Å². The maximum Gasteiger partial charge on any atom is 0.269 e. The van der Waals surface area contributed by atoms with Gasteiger partial charge in [-0.3, -0.25) is 14.9 Å². The van der Waals surface area contributed by atoms with Crippen molar-refractivity contribution in [1.29, 1.82) is 0 Å². The normalized spacial score (nSPS) is 19.0. The second kappa shape index (κ2) is 5.19. The molecule has 5 nitrogen and oxygen atoms in total. The van der Waals surface area contributed by atoms with E-state index in [1.54, 1.807) is 12.1 Å². The van der Waals surface area contributed by atoms with Gasteiger partial charge in [-0.1, -0.05) is 18.2 Å². The lowest BCUT2D eigenvalue weighted by molar-refractivity contribution is -0.384. The molecule has 0 bridgehead atoms. The Labute approximate surface area is 133 Å². The molecule has 0 aromatic heterocycles. The Morgan fingerprint density at radius 3 is 2.48 bits per heavy atom. The molecule has 2 aliphatic rings. The van der Waals surface area contributed by atoms with Gasteiger partial charge >= 0.3 is 0 Å². The summed E-state index contributed by atoms with van der Waals surface area (Å²) in [7, 11) is 0. The van der Waals surface area contributed by atoms with Crippen LogP contribution in [0.2, 0.25) is 0 Å². The van der Waals surface area contributed by atoms with Gasteiger partial charge in [-0.15, -0.1) is 0 Å². The molecule has 0 saturated carbocycles. The Bertz CT molecular complexity index is 812. The summed E-state index contributed by atoms with van der Waals surface area (Å²) in [5.41, 5.74) is 5.73. The molecule has 23 heavy (non-hydrogen) atoms. The van der Waals surface area contributed by atoms with Crippen LogP contribution in [0.4, 0.5) is 11.4 Å². The molecular formula is C18H16N2O3. The fraction of sp³-hybridized carbons (Fsp3) is 0.278. The molecule has 2 aromatic carbocycles. The van der Waals surface area contributed by atoms with Crippen LogP contribution in [0.5, 0.6) is 0 Å². The quantitative estimate of drug-likeness (QED) is 0.681. The lowest BCUT2D eigenvalue weighted by Crippen LogP contribution is -2.23. The largest absolute Gasteiger partial charge is 0.326 e. The van der Waals surface area contributed by atoms with Crippen LogP contribution in [0.3, 0.4) is 0 Å². The highest BCUT2D eigenvalue weighted by Crippen LogP contribution is 2.40. The molecule has 5 heteroatoms. The van der Waals surface area contributed by atoms with Crippen LogP contribution in [0, 0.1) is 10.1 Å². The van der Waals surface area contributed by atoms with Crippen LogP contribution in [-0.2, 0) is 17.6 Å². The molecule has 1 aliphatic carbocycles. The first-order chi connectivity index (χ1) is 11.1. The van der Waals surface area contributed by atoms with E-state index in [0.717, 1.165) is 36.1 Å². The summed E-state index contributed by atoms with van der Waals surface area (Å²) in [5, 5.41) is 13.8. The monoisotopic (exact) mass is 308 g/mol. The van der Waals surface area contributed by atoms with Crippen LogP contribution in [0.1, 0.15) is 41.0 Å². The Hall–Kier alpha value is -2.69. The van der Waals surface area contributed by atoms with Gasteiger partial charge < -0.3 is 5.32 Å². The van der Waals surface area contributed by atoms with Crippen molar-refractivity contribution in [1.82, 2.24) is 0 Å². The van der Waals surface area contributed by atoms with Crippen molar-refractivity contribution in [3.8, 4) is 0 Å². The van der Waals surface area contributed by atoms with Crippen molar-refractivity contribution in [2.45, 2.75) is 31.6 Å². The van der Waals surface area contributed by atoms with E-state index in [1.165, 1.54) is 23.3 Å². The van der Waals surface area contributed by atoms with Gasteiger partial charge in [-0.05, 0) is 47.6 Å². The van der Waals surface area contributed by atoms with Crippen LogP contribution in [0.25, 0.3) is 0 Å². The first-order valence-corrected chi connectivity index (χ1v) is 7.82. The predicted molar refractivity (Wildman–Crippen MR) is 86.7 cm³/mol. The highest BCUT2D eigenvalue weighted by molar-refractivity contribution is 5.95. The van der Waals surface area contributed by atoms with Crippen molar-refractivity contribution in [2.75, 3.05) is 5.32 Å². The van der Waals surface area contributed by atoms with Gasteiger partial charge in [0.2, 0.25) is 5.91 Å². The number of benzene rings is 2. The van der Waals surface area contributed by atoms with E-state index in [4.69, 9.17) is 0 Å². The third-order valence-corrected chi connectivity index (χ3v) is 4.81. The summed E-state index contributed by atoms with van der Waals surface area (Å²) in [5.74, 6) is -0.0377. The van der Waals surface area contributed by atoms with E-state index in [-0.39, 0.29) is 17.5 Å². The molecule has 0 spiro atoms. The van der Waals surface area contributed by atoms with Crippen molar-refractivity contribution in [3.63, 3.8) is 0 Å². The molecule has 0 radical (unpaired) electrons. The number of rotatable bonds is 2. The Morgan fingerprint density at radius 1 is 1.09 bits per heavy atom. The van der Waals surface area contributed by atoms with E-state index < -0.39 is 4.92 Å². The zero-order chi connectivity index (χ0) is 16.0. The molecule has 4 rings (SSSR count). The average Bonchev–Trinajstić information content (AvgIpc) is 2.99. The molecule has 1 N–H and O–H groups in total. The number of non-ortho nitro benzene ring substituents is 1. The minimum Gasteiger partial charge on any atom is -0.326 e. The second-order valence-electron chi connectivity index (χ2n) is 6.22. The number of fused-ring (bicyclic) bond motifs is 2. The maximum absolute atomic E-state index is 12.1. The lowest BCUT2D eigenvalue weighted by Gasteiger charge is -2.27. The first kappa shape index (κ1) is 13.9. The zero-order valence-corrected chi connectivity index (χ0v) is 12.5. The maximum atomic E-state index is 12.1. The zero-order valence-electron chi connectivity index (χ0n) is 12.5. The molecule has 2 aromatic rings. The second-order valence-corrected chi connectivity index (χ2v) is 6.22. The Balaban J connectivity index is 1.78. The van der Waals surface area contributed by atoms with Gasteiger partial charge in [0.25, 0.3) is 5.69 Å². The van der Waals surface area contributed by atoms with Gasteiger partial charge in [0.05, 0.1) is 4.92 Å². The SMILES string of the molecule is O=C1CC(c2ccc([N+](=O)[O-])cc2)c2cc3c(cc2N1)CCC3. The Morgan fingerprint density at radius 2 is 1.78 bits per heavy atom. The minimum atomic E-state index is -0.405. The van der Waals surface area contributed by atoms with E-state index in [1.807, 2.05) is 0 Å². The number of amides is 1. The minimum absolute atomic E-state index is 0.00111. The third-order valence-electron chi connectivity index (χ3n) is 4.81. The topological polar surface area (TPSA) is 72.2 Å². The van der Waals surface area contributed by atoms with Gasteiger partial charge in [0.15, 0.2) is 0 Å². The number of nitrogens with one attached hydrogen (secondary N) is 1. The molecule has 1 aliphatic heterocycles. The van der Waals surface area contributed by atoms with E-state index in [9.17, 15) is 14.9 Å². The molecule has 1 atom stereocenters. The number of nitrogens with zero attached hydrogens (tertiary/aromatic N) is 1. The van der Waals surface area contributed by atoms with Crippen LogP contribution < -0.4 is 5.32 Å². The molecule has 116 valence electrons. The number of nitro groups is 1. The number of aryl methyl sites for hydroxylation is 2. The summed E-state index contributed by atoms with van der Waals surface area (Å²) in [6.45, 7) is 0. The third kappa shape index (κ3) is 2.38. The van der Waals surface area contributed by atoms with Gasteiger partial charge in [0.1, 0.15) is 0 Å². The Kier molecular flexibility index (Phi) is 3.15. The summed E-state index contributed by atoms with van der Waals surface area (Å²) >= 11 is 0. The molecule has 1 heterocycles. The molecule has 1 unspecified atom stereocenters.